The number of nitrogens with two attached hydrogens (primary N) is 1. The molecule has 2 unspecified atom stereocenters. The fraction of sp³-hybridized carbons (Fsp3) is 0.438. The van der Waals surface area contributed by atoms with Crippen molar-refractivity contribution in [1.29, 1.82) is 0 Å². The SMILES string of the molecule is CCOC(C)(CC)C(NN)c1cncc2ccccc12. The number of hydrazine groups is 1. The van der Waals surface area contributed by atoms with Crippen LogP contribution in [0, 0.1) is 0 Å². The summed E-state index contributed by atoms with van der Waals surface area (Å²) in [5.74, 6) is 5.83. The van der Waals surface area contributed by atoms with Crippen LogP contribution >= 0.6 is 0 Å². The molecule has 20 heavy (non-hydrogen) atoms. The number of rotatable bonds is 6. The molecule has 3 N–H and O–H groups in total. The molecule has 0 saturated heterocycles. The van der Waals surface area contributed by atoms with Crippen LogP contribution in [0.15, 0.2) is 36.7 Å². The third-order valence-corrected chi connectivity index (χ3v) is 3.96. The fourth-order valence-electron chi connectivity index (χ4n) is 2.68. The van der Waals surface area contributed by atoms with E-state index >= 15 is 0 Å². The molecular weight excluding hydrogens is 250 g/mol. The van der Waals surface area contributed by atoms with Gasteiger partial charge in [-0.15, -0.1) is 0 Å². The van der Waals surface area contributed by atoms with Crippen molar-refractivity contribution in [1.82, 2.24) is 10.4 Å². The normalized spacial score (nSPS) is 16.0. The first-order valence-corrected chi connectivity index (χ1v) is 7.09. The minimum Gasteiger partial charge on any atom is -0.374 e. The number of hydrogen-bond donors (Lipinski definition) is 2. The third kappa shape index (κ3) is 2.68. The number of pyridine rings is 1. The van der Waals surface area contributed by atoms with Gasteiger partial charge in [-0.05, 0) is 31.2 Å². The van der Waals surface area contributed by atoms with Crippen LogP contribution in [0.25, 0.3) is 10.8 Å². The van der Waals surface area contributed by atoms with Gasteiger partial charge in [0.05, 0.1) is 11.6 Å². The van der Waals surface area contributed by atoms with Crippen LogP contribution in [-0.2, 0) is 4.74 Å². The maximum Gasteiger partial charge on any atom is 0.0859 e. The summed E-state index contributed by atoms with van der Waals surface area (Å²) in [6.07, 6.45) is 4.61. The Labute approximate surface area is 120 Å². The summed E-state index contributed by atoms with van der Waals surface area (Å²) < 4.78 is 5.96. The largest absolute Gasteiger partial charge is 0.374 e. The molecule has 108 valence electrons. The Hall–Kier alpha value is -1.49. The minimum absolute atomic E-state index is 0.106. The third-order valence-electron chi connectivity index (χ3n) is 3.96. The van der Waals surface area contributed by atoms with Crippen molar-refractivity contribution in [3.8, 4) is 0 Å². The topological polar surface area (TPSA) is 60.2 Å². The number of aromatic nitrogens is 1. The molecule has 0 spiro atoms. The number of benzene rings is 1. The van der Waals surface area contributed by atoms with Crippen molar-refractivity contribution in [3.05, 3.63) is 42.2 Å². The molecule has 0 aliphatic heterocycles. The first-order valence-electron chi connectivity index (χ1n) is 7.09. The average Bonchev–Trinajstić information content (AvgIpc) is 2.48. The molecule has 1 heterocycles. The van der Waals surface area contributed by atoms with E-state index in [2.05, 4.69) is 36.4 Å². The van der Waals surface area contributed by atoms with E-state index < -0.39 is 0 Å². The van der Waals surface area contributed by atoms with Gasteiger partial charge in [0, 0.05) is 24.4 Å². The summed E-state index contributed by atoms with van der Waals surface area (Å²) >= 11 is 0. The van der Waals surface area contributed by atoms with Gasteiger partial charge >= 0.3 is 0 Å². The van der Waals surface area contributed by atoms with Crippen molar-refractivity contribution < 1.29 is 4.74 Å². The lowest BCUT2D eigenvalue weighted by Crippen LogP contribution is -2.46. The number of hydrogen-bond acceptors (Lipinski definition) is 4. The highest BCUT2D eigenvalue weighted by Gasteiger charge is 2.34. The van der Waals surface area contributed by atoms with E-state index in [4.69, 9.17) is 10.6 Å². The monoisotopic (exact) mass is 273 g/mol. The number of ether oxygens (including phenoxy) is 1. The second-order valence-electron chi connectivity index (χ2n) is 5.15. The zero-order valence-corrected chi connectivity index (χ0v) is 12.4. The van der Waals surface area contributed by atoms with Crippen LogP contribution in [0.2, 0.25) is 0 Å². The first-order chi connectivity index (χ1) is 9.66. The molecule has 0 fully saturated rings. The Kier molecular flexibility index (Phi) is 4.70. The first kappa shape index (κ1) is 14.9. The number of nitrogens with zero attached hydrogens (tertiary/aromatic N) is 1. The van der Waals surface area contributed by atoms with Crippen LogP contribution < -0.4 is 11.3 Å². The summed E-state index contributed by atoms with van der Waals surface area (Å²) in [7, 11) is 0. The Balaban J connectivity index is 2.54. The summed E-state index contributed by atoms with van der Waals surface area (Å²) in [6, 6.07) is 8.09. The van der Waals surface area contributed by atoms with Gasteiger partial charge in [0.1, 0.15) is 0 Å². The van der Waals surface area contributed by atoms with E-state index in [-0.39, 0.29) is 11.6 Å². The smallest absolute Gasteiger partial charge is 0.0859 e. The summed E-state index contributed by atoms with van der Waals surface area (Å²) in [6.45, 7) is 6.85. The lowest BCUT2D eigenvalue weighted by molar-refractivity contribution is -0.0561. The maximum absolute atomic E-state index is 5.96. The maximum atomic E-state index is 5.96. The molecule has 0 aliphatic rings. The van der Waals surface area contributed by atoms with Crippen molar-refractivity contribution in [2.45, 2.75) is 38.8 Å². The van der Waals surface area contributed by atoms with Gasteiger partial charge in [-0.1, -0.05) is 31.2 Å². The van der Waals surface area contributed by atoms with E-state index in [1.54, 1.807) is 0 Å². The molecule has 4 heteroatoms. The van der Waals surface area contributed by atoms with E-state index in [9.17, 15) is 0 Å². The summed E-state index contributed by atoms with van der Waals surface area (Å²) in [4.78, 5) is 4.34. The lowest BCUT2D eigenvalue weighted by Gasteiger charge is -2.37. The Morgan fingerprint density at radius 1 is 1.30 bits per heavy atom. The lowest BCUT2D eigenvalue weighted by atomic mass is 9.86. The summed E-state index contributed by atoms with van der Waals surface area (Å²) in [5.41, 5.74) is 3.63. The molecule has 1 aromatic heterocycles. The Morgan fingerprint density at radius 3 is 2.70 bits per heavy atom. The molecule has 0 bridgehead atoms. The van der Waals surface area contributed by atoms with Gasteiger partial charge < -0.3 is 4.74 Å². The highest BCUT2D eigenvalue weighted by atomic mass is 16.5. The molecule has 2 atom stereocenters. The molecule has 0 amide bonds. The minimum atomic E-state index is -0.366. The van der Waals surface area contributed by atoms with Crippen LogP contribution in [0.4, 0.5) is 0 Å². The van der Waals surface area contributed by atoms with Crippen LogP contribution in [0.3, 0.4) is 0 Å². The van der Waals surface area contributed by atoms with Crippen LogP contribution in [0.1, 0.15) is 38.8 Å². The Bertz CT molecular complexity index is 567. The summed E-state index contributed by atoms with van der Waals surface area (Å²) in [5, 5.41) is 2.27. The second-order valence-corrected chi connectivity index (χ2v) is 5.15. The van der Waals surface area contributed by atoms with Gasteiger partial charge in [-0.2, -0.15) is 0 Å². The fourth-order valence-corrected chi connectivity index (χ4v) is 2.68. The molecule has 1 aromatic carbocycles. The predicted molar refractivity (Wildman–Crippen MR) is 82.1 cm³/mol. The molecule has 2 rings (SSSR count). The van der Waals surface area contributed by atoms with Crippen molar-refractivity contribution in [2.75, 3.05) is 6.61 Å². The quantitative estimate of drug-likeness (QED) is 0.627. The highest BCUT2D eigenvalue weighted by molar-refractivity contribution is 5.85. The molecule has 2 aromatic rings. The predicted octanol–water partition coefficient (Wildman–Crippen LogP) is 2.94. The zero-order valence-electron chi connectivity index (χ0n) is 12.4. The molecule has 0 saturated carbocycles. The van der Waals surface area contributed by atoms with E-state index in [0.717, 1.165) is 22.8 Å². The zero-order chi connectivity index (χ0) is 14.6. The highest BCUT2D eigenvalue weighted by Crippen LogP contribution is 2.34. The van der Waals surface area contributed by atoms with Crippen LogP contribution in [-0.4, -0.2) is 17.2 Å². The van der Waals surface area contributed by atoms with E-state index in [0.29, 0.717) is 6.61 Å². The van der Waals surface area contributed by atoms with Crippen molar-refractivity contribution in [2.24, 2.45) is 5.84 Å². The van der Waals surface area contributed by atoms with Gasteiger partial charge in [0.25, 0.3) is 0 Å². The van der Waals surface area contributed by atoms with Gasteiger partial charge in [0.15, 0.2) is 0 Å². The number of nitrogens with one attached hydrogen (secondary N) is 1. The van der Waals surface area contributed by atoms with Crippen LogP contribution in [0.5, 0.6) is 0 Å². The molecular formula is C16H23N3O. The van der Waals surface area contributed by atoms with Gasteiger partial charge in [-0.3, -0.25) is 10.8 Å². The van der Waals surface area contributed by atoms with Gasteiger partial charge in [0.2, 0.25) is 0 Å². The molecule has 0 radical (unpaired) electrons. The van der Waals surface area contributed by atoms with Crippen molar-refractivity contribution >= 4 is 10.8 Å². The number of fused-ring (bicyclic) bond motifs is 1. The molecule has 0 aliphatic carbocycles. The van der Waals surface area contributed by atoms with Crippen molar-refractivity contribution in [3.63, 3.8) is 0 Å². The Morgan fingerprint density at radius 2 is 2.05 bits per heavy atom. The van der Waals surface area contributed by atoms with E-state index in [1.807, 2.05) is 31.5 Å². The molecule has 4 nitrogen and oxygen atoms in total. The second kappa shape index (κ2) is 6.31. The van der Waals surface area contributed by atoms with Gasteiger partial charge in [-0.25, -0.2) is 5.43 Å². The average molecular weight is 273 g/mol. The standard InChI is InChI=1S/C16H23N3O/c1-4-16(3,20-5-2)15(19-17)14-11-18-10-12-8-6-7-9-13(12)14/h6-11,15,19H,4-5,17H2,1-3H3. The van der Waals surface area contributed by atoms with E-state index in [1.165, 1.54) is 0 Å².